The molecule has 0 spiro atoms. The van der Waals surface area contributed by atoms with Crippen LogP contribution in [0.3, 0.4) is 0 Å². The van der Waals surface area contributed by atoms with Crippen LogP contribution in [-0.4, -0.2) is 37.2 Å². The standard InChI is InChI=1S/C16H15BrFN3O2/c17-14-9-11(18)1-3-13(14)16(22)20-12-2-4-15(19-10-12)21-5-7-23-8-6-21/h1-4,9-10H,5-8H2,(H,20,22). The molecule has 7 heteroatoms. The molecule has 1 aromatic carbocycles. The van der Waals surface area contributed by atoms with E-state index in [0.717, 1.165) is 18.9 Å². The van der Waals surface area contributed by atoms with E-state index >= 15 is 0 Å². The van der Waals surface area contributed by atoms with E-state index in [4.69, 9.17) is 4.74 Å². The molecule has 1 aliphatic heterocycles. The van der Waals surface area contributed by atoms with Crippen molar-refractivity contribution in [2.24, 2.45) is 0 Å². The Labute approximate surface area is 141 Å². The molecule has 1 saturated heterocycles. The van der Waals surface area contributed by atoms with Gasteiger partial charge in [-0.25, -0.2) is 9.37 Å². The van der Waals surface area contributed by atoms with Gasteiger partial charge in [0.25, 0.3) is 5.91 Å². The third kappa shape index (κ3) is 3.86. The highest BCUT2D eigenvalue weighted by Gasteiger charge is 2.14. The Morgan fingerprint density at radius 3 is 2.70 bits per heavy atom. The lowest BCUT2D eigenvalue weighted by atomic mass is 10.2. The number of pyridine rings is 1. The zero-order chi connectivity index (χ0) is 16.2. The minimum absolute atomic E-state index is 0.321. The second-order valence-electron chi connectivity index (χ2n) is 5.08. The fourth-order valence-electron chi connectivity index (χ4n) is 2.31. The van der Waals surface area contributed by atoms with Crippen molar-refractivity contribution in [1.29, 1.82) is 0 Å². The van der Waals surface area contributed by atoms with Crippen molar-refractivity contribution in [2.75, 3.05) is 36.5 Å². The molecule has 0 saturated carbocycles. The maximum Gasteiger partial charge on any atom is 0.256 e. The predicted octanol–water partition coefficient (Wildman–Crippen LogP) is 3.07. The lowest BCUT2D eigenvalue weighted by molar-refractivity contribution is 0.102. The zero-order valence-corrected chi connectivity index (χ0v) is 13.8. The Bertz CT molecular complexity index is 703. The number of halogens is 2. The molecular formula is C16H15BrFN3O2. The minimum Gasteiger partial charge on any atom is -0.378 e. The number of aromatic nitrogens is 1. The van der Waals surface area contributed by atoms with Gasteiger partial charge >= 0.3 is 0 Å². The number of rotatable bonds is 3. The van der Waals surface area contributed by atoms with Crippen molar-refractivity contribution < 1.29 is 13.9 Å². The number of amides is 1. The molecule has 0 aliphatic carbocycles. The molecule has 1 fully saturated rings. The third-order valence-corrected chi connectivity index (χ3v) is 4.17. The number of benzene rings is 1. The summed E-state index contributed by atoms with van der Waals surface area (Å²) in [5.41, 5.74) is 0.951. The fraction of sp³-hybridized carbons (Fsp3) is 0.250. The molecule has 23 heavy (non-hydrogen) atoms. The summed E-state index contributed by atoms with van der Waals surface area (Å²) in [6, 6.07) is 7.60. The molecule has 0 unspecified atom stereocenters. The first-order chi connectivity index (χ1) is 11.1. The first-order valence-corrected chi connectivity index (χ1v) is 7.98. The van der Waals surface area contributed by atoms with E-state index in [9.17, 15) is 9.18 Å². The van der Waals surface area contributed by atoms with Crippen molar-refractivity contribution in [1.82, 2.24) is 4.98 Å². The number of anilines is 2. The van der Waals surface area contributed by atoms with Gasteiger partial charge in [-0.3, -0.25) is 4.79 Å². The van der Waals surface area contributed by atoms with Gasteiger partial charge < -0.3 is 15.0 Å². The molecule has 120 valence electrons. The monoisotopic (exact) mass is 379 g/mol. The van der Waals surface area contributed by atoms with E-state index in [1.54, 1.807) is 12.3 Å². The number of hydrogen-bond donors (Lipinski definition) is 1. The molecule has 0 atom stereocenters. The van der Waals surface area contributed by atoms with Gasteiger partial charge in [-0.15, -0.1) is 0 Å². The number of ether oxygens (including phenoxy) is 1. The zero-order valence-electron chi connectivity index (χ0n) is 12.3. The second-order valence-corrected chi connectivity index (χ2v) is 5.94. The largest absolute Gasteiger partial charge is 0.378 e. The van der Waals surface area contributed by atoms with Crippen LogP contribution in [0, 0.1) is 5.82 Å². The van der Waals surface area contributed by atoms with Crippen LogP contribution in [0.5, 0.6) is 0 Å². The molecule has 0 bridgehead atoms. The van der Waals surface area contributed by atoms with Crippen molar-refractivity contribution in [2.45, 2.75) is 0 Å². The van der Waals surface area contributed by atoms with Gasteiger partial charge in [0.15, 0.2) is 0 Å². The maximum atomic E-state index is 13.1. The van der Waals surface area contributed by atoms with Gasteiger partial charge in [-0.2, -0.15) is 0 Å². The Morgan fingerprint density at radius 2 is 2.04 bits per heavy atom. The highest BCUT2D eigenvalue weighted by Crippen LogP contribution is 2.20. The van der Waals surface area contributed by atoms with E-state index in [-0.39, 0.29) is 5.91 Å². The Hall–Kier alpha value is -1.99. The van der Waals surface area contributed by atoms with Crippen LogP contribution < -0.4 is 10.2 Å². The SMILES string of the molecule is O=C(Nc1ccc(N2CCOCC2)nc1)c1ccc(F)cc1Br. The summed E-state index contributed by atoms with van der Waals surface area (Å²) in [5, 5.41) is 2.75. The van der Waals surface area contributed by atoms with Crippen LogP contribution in [0.4, 0.5) is 15.9 Å². The van der Waals surface area contributed by atoms with Crippen molar-refractivity contribution in [3.63, 3.8) is 0 Å². The Morgan fingerprint density at radius 1 is 1.26 bits per heavy atom. The number of nitrogens with one attached hydrogen (secondary N) is 1. The van der Waals surface area contributed by atoms with Gasteiger partial charge in [0.05, 0.1) is 30.7 Å². The Balaban J connectivity index is 1.69. The lowest BCUT2D eigenvalue weighted by Gasteiger charge is -2.27. The fourth-order valence-corrected chi connectivity index (χ4v) is 2.84. The number of hydrogen-bond acceptors (Lipinski definition) is 4. The summed E-state index contributed by atoms with van der Waals surface area (Å²) < 4.78 is 18.8. The summed E-state index contributed by atoms with van der Waals surface area (Å²) in [6.07, 6.45) is 1.61. The van der Waals surface area contributed by atoms with Crippen LogP contribution in [0.25, 0.3) is 0 Å². The number of carbonyl (C=O) groups is 1. The average Bonchev–Trinajstić information content (AvgIpc) is 2.56. The topological polar surface area (TPSA) is 54.5 Å². The molecule has 2 aromatic rings. The third-order valence-electron chi connectivity index (χ3n) is 3.52. The van der Waals surface area contributed by atoms with Crippen LogP contribution in [0.1, 0.15) is 10.4 Å². The predicted molar refractivity (Wildman–Crippen MR) is 89.3 cm³/mol. The molecule has 1 aromatic heterocycles. The highest BCUT2D eigenvalue weighted by atomic mass is 79.9. The highest BCUT2D eigenvalue weighted by molar-refractivity contribution is 9.10. The molecule has 1 aliphatic rings. The van der Waals surface area contributed by atoms with E-state index < -0.39 is 5.82 Å². The van der Waals surface area contributed by atoms with Crippen molar-refractivity contribution in [3.05, 3.63) is 52.4 Å². The smallest absolute Gasteiger partial charge is 0.256 e. The Kier molecular flexibility index (Phi) is 4.88. The summed E-state index contributed by atoms with van der Waals surface area (Å²) in [7, 11) is 0. The first kappa shape index (κ1) is 15.9. The maximum absolute atomic E-state index is 13.1. The molecule has 1 N–H and O–H groups in total. The summed E-state index contributed by atoms with van der Waals surface area (Å²) >= 11 is 3.19. The summed E-state index contributed by atoms with van der Waals surface area (Å²) in [4.78, 5) is 18.7. The van der Waals surface area contributed by atoms with Crippen LogP contribution in [0.2, 0.25) is 0 Å². The molecule has 5 nitrogen and oxygen atoms in total. The van der Waals surface area contributed by atoms with E-state index in [0.29, 0.717) is 28.9 Å². The van der Waals surface area contributed by atoms with Gasteiger partial charge in [0, 0.05) is 17.6 Å². The van der Waals surface area contributed by atoms with Crippen molar-refractivity contribution in [3.8, 4) is 0 Å². The lowest BCUT2D eigenvalue weighted by Crippen LogP contribution is -2.36. The normalized spacial score (nSPS) is 14.6. The molecule has 2 heterocycles. The quantitative estimate of drug-likeness (QED) is 0.890. The van der Waals surface area contributed by atoms with Gasteiger partial charge in [0.2, 0.25) is 0 Å². The second kappa shape index (κ2) is 7.06. The summed E-state index contributed by atoms with van der Waals surface area (Å²) in [5.74, 6) is 0.136. The number of nitrogens with zero attached hydrogens (tertiary/aromatic N) is 2. The van der Waals surface area contributed by atoms with E-state index in [1.165, 1.54) is 18.2 Å². The van der Waals surface area contributed by atoms with Crippen LogP contribution in [-0.2, 0) is 4.74 Å². The number of carbonyl (C=O) groups excluding carboxylic acids is 1. The molecular weight excluding hydrogens is 365 g/mol. The van der Waals surface area contributed by atoms with Crippen LogP contribution in [0.15, 0.2) is 41.0 Å². The minimum atomic E-state index is -0.398. The van der Waals surface area contributed by atoms with Crippen molar-refractivity contribution >= 4 is 33.3 Å². The van der Waals surface area contributed by atoms with E-state index in [2.05, 4.69) is 31.1 Å². The summed E-state index contributed by atoms with van der Waals surface area (Å²) in [6.45, 7) is 3.00. The molecule has 3 rings (SSSR count). The molecule has 1 amide bonds. The molecule has 0 radical (unpaired) electrons. The van der Waals surface area contributed by atoms with E-state index in [1.807, 2.05) is 6.07 Å². The van der Waals surface area contributed by atoms with Gasteiger partial charge in [0.1, 0.15) is 11.6 Å². The average molecular weight is 380 g/mol. The number of morpholine rings is 1. The van der Waals surface area contributed by atoms with Gasteiger partial charge in [-0.05, 0) is 46.3 Å². The first-order valence-electron chi connectivity index (χ1n) is 7.18. The van der Waals surface area contributed by atoms with Gasteiger partial charge in [-0.1, -0.05) is 0 Å². The van der Waals surface area contributed by atoms with Crippen LogP contribution >= 0.6 is 15.9 Å².